The van der Waals surface area contributed by atoms with E-state index >= 15 is 0 Å². The number of nitrogens with zero attached hydrogens (tertiary/aromatic N) is 2. The third-order valence-corrected chi connectivity index (χ3v) is 4.34. The maximum atomic E-state index is 12.2. The van der Waals surface area contributed by atoms with E-state index in [1.807, 2.05) is 36.4 Å². The lowest BCUT2D eigenvalue weighted by Crippen LogP contribution is -2.57. The number of pyridine rings is 1. The van der Waals surface area contributed by atoms with Crippen LogP contribution in [0.1, 0.15) is 0 Å². The number of anilines is 1. The van der Waals surface area contributed by atoms with Crippen molar-refractivity contribution in [2.75, 3.05) is 18.4 Å². The number of aromatic nitrogens is 1. The van der Waals surface area contributed by atoms with Crippen LogP contribution in [0, 0.1) is 0 Å². The Morgan fingerprint density at radius 1 is 1.08 bits per heavy atom. The summed E-state index contributed by atoms with van der Waals surface area (Å²) in [4.78, 5) is 18.3. The fraction of sp³-hybridized carbons (Fsp3) is 0.158. The van der Waals surface area contributed by atoms with Crippen LogP contribution in [0.25, 0.3) is 10.9 Å². The van der Waals surface area contributed by atoms with Crippen LogP contribution in [-0.2, 0) is 0 Å². The van der Waals surface area contributed by atoms with Crippen LogP contribution < -0.4 is 10.1 Å². The van der Waals surface area contributed by atoms with Crippen LogP contribution in [0.3, 0.4) is 0 Å². The largest absolute Gasteiger partial charge is 0.471 e. The molecule has 1 aromatic heterocycles. The molecule has 4 rings (SSSR count). The Morgan fingerprint density at radius 2 is 1.84 bits per heavy atom. The van der Waals surface area contributed by atoms with E-state index in [9.17, 15) is 4.79 Å². The topological polar surface area (TPSA) is 54.5 Å². The van der Waals surface area contributed by atoms with Gasteiger partial charge in [0.05, 0.1) is 18.6 Å². The predicted molar refractivity (Wildman–Crippen MR) is 98.2 cm³/mol. The molecule has 0 bridgehead atoms. The smallest absolute Gasteiger partial charge is 0.322 e. The molecule has 3 aromatic rings. The molecule has 6 heteroatoms. The number of hydrogen-bond acceptors (Lipinski definition) is 3. The van der Waals surface area contributed by atoms with E-state index in [0.717, 1.165) is 16.6 Å². The number of urea groups is 1. The van der Waals surface area contributed by atoms with Gasteiger partial charge in [0, 0.05) is 22.2 Å². The fourth-order valence-electron chi connectivity index (χ4n) is 2.70. The van der Waals surface area contributed by atoms with Crippen molar-refractivity contribution in [3.63, 3.8) is 0 Å². The summed E-state index contributed by atoms with van der Waals surface area (Å²) in [6.45, 7) is 1.07. The minimum absolute atomic E-state index is 0.0374. The average Bonchev–Trinajstić information content (AvgIpc) is 2.59. The van der Waals surface area contributed by atoms with Crippen LogP contribution in [0.5, 0.6) is 5.88 Å². The first kappa shape index (κ1) is 15.7. The Labute approximate surface area is 150 Å². The molecule has 5 nitrogen and oxygen atoms in total. The quantitative estimate of drug-likeness (QED) is 0.768. The minimum atomic E-state index is -0.145. The number of rotatable bonds is 3. The summed E-state index contributed by atoms with van der Waals surface area (Å²) in [6, 6.07) is 18.6. The van der Waals surface area contributed by atoms with E-state index in [2.05, 4.69) is 10.3 Å². The highest BCUT2D eigenvalue weighted by Gasteiger charge is 2.32. The lowest BCUT2D eigenvalue weighted by atomic mass is 10.2. The zero-order valence-corrected chi connectivity index (χ0v) is 14.1. The van der Waals surface area contributed by atoms with Crippen LogP contribution in [0.4, 0.5) is 10.5 Å². The third-order valence-electron chi connectivity index (χ3n) is 4.09. The Hall–Kier alpha value is -2.79. The van der Waals surface area contributed by atoms with Gasteiger partial charge < -0.3 is 15.0 Å². The lowest BCUT2D eigenvalue weighted by molar-refractivity contribution is 0.0463. The molecule has 1 aliphatic heterocycles. The number of likely N-dealkylation sites (tertiary alicyclic amines) is 1. The number of benzene rings is 2. The second-order valence-corrected chi connectivity index (χ2v) is 6.36. The molecule has 0 saturated carbocycles. The molecule has 0 radical (unpaired) electrons. The molecule has 0 aliphatic carbocycles. The summed E-state index contributed by atoms with van der Waals surface area (Å²) in [5.74, 6) is 0.585. The number of fused-ring (bicyclic) bond motifs is 1. The molecule has 1 N–H and O–H groups in total. The number of halogens is 1. The summed E-state index contributed by atoms with van der Waals surface area (Å²) < 4.78 is 5.85. The molecule has 126 valence electrons. The van der Waals surface area contributed by atoms with Gasteiger partial charge in [-0.15, -0.1) is 0 Å². The van der Waals surface area contributed by atoms with Crippen LogP contribution >= 0.6 is 11.6 Å². The number of nitrogens with one attached hydrogen (secondary N) is 1. The number of carbonyl (C=O) groups excluding carboxylic acids is 1. The van der Waals surface area contributed by atoms with E-state index in [-0.39, 0.29) is 12.1 Å². The Kier molecular flexibility index (Phi) is 4.15. The highest BCUT2D eigenvalue weighted by molar-refractivity contribution is 6.30. The molecule has 1 saturated heterocycles. The molecule has 2 aromatic carbocycles. The van der Waals surface area contributed by atoms with Gasteiger partial charge >= 0.3 is 6.03 Å². The molecule has 1 fully saturated rings. The molecule has 2 amide bonds. The van der Waals surface area contributed by atoms with E-state index in [4.69, 9.17) is 16.3 Å². The highest BCUT2D eigenvalue weighted by Crippen LogP contribution is 2.21. The molecular weight excluding hydrogens is 338 g/mol. The van der Waals surface area contributed by atoms with Gasteiger partial charge in [0.1, 0.15) is 6.10 Å². The molecule has 0 unspecified atom stereocenters. The molecule has 1 aliphatic rings. The van der Waals surface area contributed by atoms with E-state index < -0.39 is 0 Å². The van der Waals surface area contributed by atoms with E-state index in [1.165, 1.54) is 0 Å². The number of para-hydroxylation sites is 1. The van der Waals surface area contributed by atoms with Gasteiger partial charge in [0.25, 0.3) is 0 Å². The van der Waals surface area contributed by atoms with Gasteiger partial charge in [-0.05, 0) is 36.4 Å². The summed E-state index contributed by atoms with van der Waals surface area (Å²) in [5, 5.41) is 4.55. The van der Waals surface area contributed by atoms with Crippen molar-refractivity contribution < 1.29 is 9.53 Å². The Bertz CT molecular complexity index is 908. The minimum Gasteiger partial charge on any atom is -0.471 e. The van der Waals surface area contributed by atoms with Gasteiger partial charge in [-0.2, -0.15) is 0 Å². The van der Waals surface area contributed by atoms with Crippen molar-refractivity contribution in [1.29, 1.82) is 0 Å². The summed E-state index contributed by atoms with van der Waals surface area (Å²) >= 11 is 5.84. The second kappa shape index (κ2) is 6.61. The molecule has 2 heterocycles. The van der Waals surface area contributed by atoms with Crippen molar-refractivity contribution in [1.82, 2.24) is 9.88 Å². The number of ether oxygens (including phenoxy) is 1. The average molecular weight is 354 g/mol. The van der Waals surface area contributed by atoms with Crippen molar-refractivity contribution in [3.05, 3.63) is 65.7 Å². The maximum Gasteiger partial charge on any atom is 0.322 e. The fourth-order valence-corrected chi connectivity index (χ4v) is 2.82. The SMILES string of the molecule is O=C(Nc1ccc(Cl)cc1)N1CC(Oc2ccc3ccccc3n2)C1. The van der Waals surface area contributed by atoms with E-state index in [1.54, 1.807) is 29.2 Å². The molecule has 0 spiro atoms. The van der Waals surface area contributed by atoms with Gasteiger partial charge in [-0.25, -0.2) is 9.78 Å². The van der Waals surface area contributed by atoms with Crippen molar-refractivity contribution >= 4 is 34.2 Å². The second-order valence-electron chi connectivity index (χ2n) is 5.92. The van der Waals surface area contributed by atoms with Gasteiger partial charge in [-0.1, -0.05) is 29.8 Å². The third kappa shape index (κ3) is 3.51. The van der Waals surface area contributed by atoms with Crippen molar-refractivity contribution in [3.8, 4) is 5.88 Å². The first-order valence-corrected chi connectivity index (χ1v) is 8.39. The first-order valence-electron chi connectivity index (χ1n) is 8.01. The van der Waals surface area contributed by atoms with Crippen molar-refractivity contribution in [2.45, 2.75) is 6.10 Å². The zero-order valence-electron chi connectivity index (χ0n) is 13.4. The van der Waals surface area contributed by atoms with Crippen LogP contribution in [-0.4, -0.2) is 35.1 Å². The van der Waals surface area contributed by atoms with Crippen molar-refractivity contribution in [2.24, 2.45) is 0 Å². The number of hydrogen-bond donors (Lipinski definition) is 1. The Morgan fingerprint density at radius 3 is 2.64 bits per heavy atom. The highest BCUT2D eigenvalue weighted by atomic mass is 35.5. The number of carbonyl (C=O) groups is 1. The van der Waals surface area contributed by atoms with Gasteiger partial charge in [-0.3, -0.25) is 0 Å². The predicted octanol–water partition coefficient (Wildman–Crippen LogP) is 4.18. The zero-order chi connectivity index (χ0) is 17.2. The molecular formula is C19H16ClN3O2. The standard InChI is InChI=1S/C19H16ClN3O2/c20-14-6-8-15(9-7-14)21-19(24)23-11-16(12-23)25-18-10-5-13-3-1-2-4-17(13)22-18/h1-10,16H,11-12H2,(H,21,24). The van der Waals surface area contributed by atoms with Crippen LogP contribution in [0.15, 0.2) is 60.7 Å². The normalized spacial score (nSPS) is 14.2. The number of amides is 2. The van der Waals surface area contributed by atoms with Gasteiger partial charge in [0.2, 0.25) is 5.88 Å². The monoisotopic (exact) mass is 353 g/mol. The maximum absolute atomic E-state index is 12.2. The summed E-state index contributed by atoms with van der Waals surface area (Å²) in [6.07, 6.45) is -0.0374. The van der Waals surface area contributed by atoms with Crippen LogP contribution in [0.2, 0.25) is 5.02 Å². The molecule has 0 atom stereocenters. The lowest BCUT2D eigenvalue weighted by Gasteiger charge is -2.38. The molecule has 25 heavy (non-hydrogen) atoms. The summed E-state index contributed by atoms with van der Waals surface area (Å²) in [7, 11) is 0. The summed E-state index contributed by atoms with van der Waals surface area (Å²) in [5.41, 5.74) is 1.62. The van der Waals surface area contributed by atoms with E-state index in [0.29, 0.717) is 24.0 Å². The van der Waals surface area contributed by atoms with Gasteiger partial charge in [0.15, 0.2) is 0 Å². The first-order chi connectivity index (χ1) is 12.2. The Balaban J connectivity index is 1.32.